The van der Waals surface area contributed by atoms with Gasteiger partial charge in [0.15, 0.2) is 0 Å². The lowest BCUT2D eigenvalue weighted by Gasteiger charge is -2.12. The van der Waals surface area contributed by atoms with E-state index in [0.717, 1.165) is 47.0 Å². The van der Waals surface area contributed by atoms with Crippen molar-refractivity contribution in [3.63, 3.8) is 0 Å². The summed E-state index contributed by atoms with van der Waals surface area (Å²) in [5, 5.41) is 11.5. The molecule has 0 amide bonds. The summed E-state index contributed by atoms with van der Waals surface area (Å²) in [7, 11) is 0. The summed E-state index contributed by atoms with van der Waals surface area (Å²) in [5.74, 6) is 0. The van der Waals surface area contributed by atoms with Crippen LogP contribution in [0, 0.1) is 11.3 Å². The number of aromatic nitrogens is 1. The van der Waals surface area contributed by atoms with E-state index in [2.05, 4.69) is 11.1 Å². The standard InChI is InChI=1S/C22H16ClN3OS/c23-12-7-5-11(6-8-12)14-9-16-19(20(25)15(14)10-24)21(27)18-13-3-1-2-4-17(13)28-22(18)26-16/h5-9H,1-4,25H2,(H,26,27). The van der Waals surface area contributed by atoms with Gasteiger partial charge in [0.1, 0.15) is 10.9 Å². The van der Waals surface area contributed by atoms with Gasteiger partial charge in [0.2, 0.25) is 5.43 Å². The first-order valence-corrected chi connectivity index (χ1v) is 10.4. The third-order valence-corrected chi connectivity index (χ3v) is 6.97. The smallest absolute Gasteiger partial charge is 0.200 e. The maximum absolute atomic E-state index is 13.4. The lowest BCUT2D eigenvalue weighted by atomic mass is 9.93. The highest BCUT2D eigenvalue weighted by molar-refractivity contribution is 7.18. The molecule has 2 heterocycles. The van der Waals surface area contributed by atoms with Gasteiger partial charge in [-0.1, -0.05) is 23.7 Å². The second kappa shape index (κ2) is 6.37. The SMILES string of the molecule is N#Cc1c(-c2ccc(Cl)cc2)cc2[nH]c3sc4c(c3c(=O)c2c1N)CCCC4. The number of nitrogens with one attached hydrogen (secondary N) is 1. The van der Waals surface area contributed by atoms with Crippen LogP contribution in [0.1, 0.15) is 28.8 Å². The number of halogens is 1. The number of aromatic amines is 1. The Kier molecular flexibility index (Phi) is 3.94. The molecular weight excluding hydrogens is 390 g/mol. The van der Waals surface area contributed by atoms with E-state index in [0.29, 0.717) is 27.1 Å². The van der Waals surface area contributed by atoms with Crippen LogP contribution in [-0.4, -0.2) is 4.98 Å². The van der Waals surface area contributed by atoms with Crippen LogP contribution in [0.4, 0.5) is 5.69 Å². The van der Waals surface area contributed by atoms with E-state index in [1.165, 1.54) is 4.88 Å². The van der Waals surface area contributed by atoms with Crippen LogP contribution < -0.4 is 11.2 Å². The lowest BCUT2D eigenvalue weighted by Crippen LogP contribution is -2.10. The molecule has 0 radical (unpaired) electrons. The van der Waals surface area contributed by atoms with E-state index < -0.39 is 0 Å². The first-order chi connectivity index (χ1) is 13.6. The van der Waals surface area contributed by atoms with Crippen molar-refractivity contribution >= 4 is 49.7 Å². The molecule has 0 atom stereocenters. The Bertz CT molecular complexity index is 1360. The van der Waals surface area contributed by atoms with E-state index in [-0.39, 0.29) is 11.1 Å². The second-order valence-corrected chi connectivity index (χ2v) is 8.66. The average molecular weight is 406 g/mol. The zero-order valence-corrected chi connectivity index (χ0v) is 16.5. The number of thiophene rings is 1. The van der Waals surface area contributed by atoms with Gasteiger partial charge < -0.3 is 10.7 Å². The molecule has 0 fully saturated rings. The van der Waals surface area contributed by atoms with Gasteiger partial charge in [-0.15, -0.1) is 11.3 Å². The van der Waals surface area contributed by atoms with E-state index in [9.17, 15) is 10.1 Å². The number of nitrogens with two attached hydrogens (primary N) is 1. The number of aryl methyl sites for hydroxylation is 2. The number of nitriles is 1. The van der Waals surface area contributed by atoms with Crippen molar-refractivity contribution in [1.29, 1.82) is 5.26 Å². The van der Waals surface area contributed by atoms with Crippen LogP contribution in [0.15, 0.2) is 35.1 Å². The minimum atomic E-state index is -0.0696. The Balaban J connectivity index is 1.88. The van der Waals surface area contributed by atoms with Crippen molar-refractivity contribution in [2.24, 2.45) is 0 Å². The molecule has 3 N–H and O–H groups in total. The van der Waals surface area contributed by atoms with Gasteiger partial charge >= 0.3 is 0 Å². The Morgan fingerprint density at radius 3 is 2.64 bits per heavy atom. The number of fused-ring (bicyclic) bond motifs is 4. The summed E-state index contributed by atoms with van der Waals surface area (Å²) < 4.78 is 0. The summed E-state index contributed by atoms with van der Waals surface area (Å²) in [6.07, 6.45) is 4.21. The third kappa shape index (κ3) is 2.46. The highest BCUT2D eigenvalue weighted by Gasteiger charge is 2.22. The average Bonchev–Trinajstić information content (AvgIpc) is 3.07. The second-order valence-electron chi connectivity index (χ2n) is 7.12. The topological polar surface area (TPSA) is 82.7 Å². The van der Waals surface area contributed by atoms with Gasteiger partial charge in [-0.05, 0) is 55.0 Å². The molecule has 6 heteroatoms. The maximum atomic E-state index is 13.4. The molecule has 1 aliphatic rings. The van der Waals surface area contributed by atoms with Crippen molar-refractivity contribution in [2.75, 3.05) is 5.73 Å². The van der Waals surface area contributed by atoms with E-state index in [1.54, 1.807) is 23.5 Å². The minimum absolute atomic E-state index is 0.0696. The predicted molar refractivity (Wildman–Crippen MR) is 116 cm³/mol. The zero-order valence-electron chi connectivity index (χ0n) is 14.9. The number of hydrogen-bond acceptors (Lipinski definition) is 4. The van der Waals surface area contributed by atoms with Gasteiger partial charge in [0, 0.05) is 15.5 Å². The summed E-state index contributed by atoms with van der Waals surface area (Å²) >= 11 is 7.67. The van der Waals surface area contributed by atoms with Gasteiger partial charge in [-0.25, -0.2) is 0 Å². The van der Waals surface area contributed by atoms with Gasteiger partial charge in [0.05, 0.1) is 27.5 Å². The van der Waals surface area contributed by atoms with Crippen LogP contribution in [0.5, 0.6) is 0 Å². The molecule has 5 rings (SSSR count). The Morgan fingerprint density at radius 2 is 1.89 bits per heavy atom. The predicted octanol–water partition coefficient (Wildman–Crippen LogP) is 5.40. The van der Waals surface area contributed by atoms with Gasteiger partial charge in [-0.3, -0.25) is 4.79 Å². The summed E-state index contributed by atoms with van der Waals surface area (Å²) in [6, 6.07) is 11.3. The fourth-order valence-electron chi connectivity index (χ4n) is 4.17. The number of pyridine rings is 1. The third-order valence-electron chi connectivity index (χ3n) is 5.51. The van der Waals surface area contributed by atoms with Crippen LogP contribution in [0.25, 0.3) is 32.2 Å². The van der Waals surface area contributed by atoms with Crippen molar-refractivity contribution in [3.05, 3.63) is 61.6 Å². The highest BCUT2D eigenvalue weighted by atomic mass is 35.5. The highest BCUT2D eigenvalue weighted by Crippen LogP contribution is 2.38. The number of rotatable bonds is 1. The quantitative estimate of drug-likeness (QED) is 0.416. The molecule has 2 aromatic heterocycles. The van der Waals surface area contributed by atoms with Crippen molar-refractivity contribution < 1.29 is 0 Å². The molecule has 0 spiro atoms. The molecule has 0 aliphatic heterocycles. The number of benzene rings is 2. The molecule has 0 unspecified atom stereocenters. The first-order valence-electron chi connectivity index (χ1n) is 9.17. The molecule has 1 aliphatic carbocycles. The molecular formula is C22H16ClN3OS. The van der Waals surface area contributed by atoms with E-state index in [1.807, 2.05) is 18.2 Å². The zero-order chi connectivity index (χ0) is 19.4. The summed E-state index contributed by atoms with van der Waals surface area (Å²) in [4.78, 5) is 19.0. The molecule has 0 saturated carbocycles. The Morgan fingerprint density at radius 1 is 1.14 bits per heavy atom. The fraction of sp³-hybridized carbons (Fsp3) is 0.182. The van der Waals surface area contributed by atoms with Crippen LogP contribution >= 0.6 is 22.9 Å². The van der Waals surface area contributed by atoms with Crippen molar-refractivity contribution in [2.45, 2.75) is 25.7 Å². The molecule has 4 aromatic rings. The van der Waals surface area contributed by atoms with Crippen molar-refractivity contribution in [3.8, 4) is 17.2 Å². The van der Waals surface area contributed by atoms with Gasteiger partial charge in [0.25, 0.3) is 0 Å². The molecule has 2 aromatic carbocycles. The lowest BCUT2D eigenvalue weighted by molar-refractivity contribution is 0.700. The van der Waals surface area contributed by atoms with Crippen LogP contribution in [0.2, 0.25) is 5.02 Å². The molecule has 138 valence electrons. The molecule has 0 saturated heterocycles. The largest absolute Gasteiger partial charge is 0.397 e. The van der Waals surface area contributed by atoms with Crippen molar-refractivity contribution in [1.82, 2.24) is 4.98 Å². The molecule has 0 bridgehead atoms. The molecule has 28 heavy (non-hydrogen) atoms. The first kappa shape index (κ1) is 17.3. The fourth-order valence-corrected chi connectivity index (χ4v) is 5.59. The number of anilines is 1. The van der Waals surface area contributed by atoms with Crippen LogP contribution in [-0.2, 0) is 12.8 Å². The Hall–Kier alpha value is -2.81. The van der Waals surface area contributed by atoms with Gasteiger partial charge in [-0.2, -0.15) is 5.26 Å². The monoisotopic (exact) mass is 405 g/mol. The van der Waals surface area contributed by atoms with E-state index in [4.69, 9.17) is 17.3 Å². The Labute approximate surface area is 170 Å². The minimum Gasteiger partial charge on any atom is -0.397 e. The number of hydrogen-bond donors (Lipinski definition) is 2. The normalized spacial score (nSPS) is 13.6. The summed E-state index contributed by atoms with van der Waals surface area (Å²) in [6.45, 7) is 0. The number of nitrogens with zero attached hydrogens (tertiary/aromatic N) is 1. The van der Waals surface area contributed by atoms with E-state index >= 15 is 0 Å². The maximum Gasteiger partial charge on any atom is 0.200 e. The number of H-pyrrole nitrogens is 1. The number of nitrogen functional groups attached to an aromatic ring is 1. The molecule has 4 nitrogen and oxygen atoms in total. The van der Waals surface area contributed by atoms with Crippen LogP contribution in [0.3, 0.4) is 0 Å². The summed E-state index contributed by atoms with van der Waals surface area (Å²) in [5.41, 5.74) is 10.2.